The summed E-state index contributed by atoms with van der Waals surface area (Å²) in [4.78, 5) is 11.8. The highest BCUT2D eigenvalue weighted by Crippen LogP contribution is 2.26. The number of hydrogen-bond acceptors (Lipinski definition) is 3. The van der Waals surface area contributed by atoms with Crippen LogP contribution in [-0.2, 0) is 5.75 Å². The first-order valence-electron chi connectivity index (χ1n) is 5.88. The van der Waals surface area contributed by atoms with Crippen LogP contribution in [0.4, 0.5) is 13.2 Å². The summed E-state index contributed by atoms with van der Waals surface area (Å²) in [6, 6.07) is 7.28. The molecule has 1 amide bonds. The van der Waals surface area contributed by atoms with Crippen LogP contribution in [0.15, 0.2) is 41.3 Å². The molecule has 110 valence electrons. The number of rotatable bonds is 4. The van der Waals surface area contributed by atoms with Crippen molar-refractivity contribution in [2.75, 3.05) is 0 Å². The van der Waals surface area contributed by atoms with Crippen molar-refractivity contribution >= 4 is 17.7 Å². The number of thioether (sulfide) groups is 1. The molecule has 2 aromatic carbocycles. The van der Waals surface area contributed by atoms with Gasteiger partial charge in [0.1, 0.15) is 5.82 Å². The van der Waals surface area contributed by atoms with Gasteiger partial charge in [0.15, 0.2) is 11.6 Å². The van der Waals surface area contributed by atoms with Gasteiger partial charge < -0.3 is 0 Å². The summed E-state index contributed by atoms with van der Waals surface area (Å²) < 4.78 is 39.5. The second-order valence-electron chi connectivity index (χ2n) is 4.14. The van der Waals surface area contributed by atoms with Crippen molar-refractivity contribution in [2.24, 2.45) is 5.84 Å². The maximum Gasteiger partial charge on any atom is 0.265 e. The number of hydrazine groups is 1. The summed E-state index contributed by atoms with van der Waals surface area (Å²) >= 11 is 1.13. The quantitative estimate of drug-likeness (QED) is 0.395. The predicted molar refractivity (Wildman–Crippen MR) is 74.0 cm³/mol. The Balaban J connectivity index is 2.15. The van der Waals surface area contributed by atoms with Gasteiger partial charge in [0.05, 0.1) is 0 Å². The zero-order valence-corrected chi connectivity index (χ0v) is 11.5. The second-order valence-corrected chi connectivity index (χ2v) is 5.19. The Morgan fingerprint density at radius 1 is 1.05 bits per heavy atom. The van der Waals surface area contributed by atoms with Gasteiger partial charge in [-0.05, 0) is 42.0 Å². The van der Waals surface area contributed by atoms with Gasteiger partial charge >= 0.3 is 0 Å². The molecule has 0 radical (unpaired) electrons. The van der Waals surface area contributed by atoms with Gasteiger partial charge in [-0.2, -0.15) is 0 Å². The van der Waals surface area contributed by atoms with Gasteiger partial charge in [-0.25, -0.2) is 19.0 Å². The van der Waals surface area contributed by atoms with Crippen LogP contribution in [0.2, 0.25) is 0 Å². The summed E-state index contributed by atoms with van der Waals surface area (Å²) in [5.41, 5.74) is 2.45. The van der Waals surface area contributed by atoms with Crippen LogP contribution in [-0.4, -0.2) is 5.91 Å². The third-order valence-electron chi connectivity index (χ3n) is 2.72. The summed E-state index contributed by atoms with van der Waals surface area (Å²) in [5, 5.41) is 0. The zero-order valence-electron chi connectivity index (χ0n) is 10.7. The number of nitrogens with two attached hydrogens (primary N) is 1. The minimum atomic E-state index is -0.961. The number of amides is 1. The van der Waals surface area contributed by atoms with Crippen LogP contribution in [0.3, 0.4) is 0 Å². The first kappa shape index (κ1) is 15.4. The number of nitrogen functional groups attached to an aromatic ring is 1. The van der Waals surface area contributed by atoms with E-state index in [9.17, 15) is 18.0 Å². The Hall–Kier alpha value is -1.99. The molecule has 7 heteroatoms. The highest BCUT2D eigenvalue weighted by atomic mass is 32.2. The lowest BCUT2D eigenvalue weighted by Crippen LogP contribution is -2.30. The molecule has 0 bridgehead atoms. The summed E-state index contributed by atoms with van der Waals surface area (Å²) in [6.45, 7) is 0. The van der Waals surface area contributed by atoms with Gasteiger partial charge in [-0.1, -0.05) is 0 Å². The SMILES string of the molecule is NNC(=O)c1ccc(F)c(CSc2ccc(F)c(F)c2)c1. The molecule has 3 N–H and O–H groups in total. The average Bonchev–Trinajstić information content (AvgIpc) is 2.49. The fraction of sp³-hybridized carbons (Fsp3) is 0.0714. The molecule has 0 aliphatic rings. The number of nitrogens with one attached hydrogen (secondary N) is 1. The van der Waals surface area contributed by atoms with Gasteiger partial charge in [0.25, 0.3) is 5.91 Å². The summed E-state index contributed by atoms with van der Waals surface area (Å²) in [6.07, 6.45) is 0. The van der Waals surface area contributed by atoms with Crippen LogP contribution < -0.4 is 11.3 Å². The lowest BCUT2D eigenvalue weighted by atomic mass is 10.1. The van der Waals surface area contributed by atoms with E-state index >= 15 is 0 Å². The highest BCUT2D eigenvalue weighted by Gasteiger charge is 2.10. The lowest BCUT2D eigenvalue weighted by molar-refractivity contribution is 0.0953. The molecule has 0 heterocycles. The van der Waals surface area contributed by atoms with E-state index in [1.807, 2.05) is 5.43 Å². The van der Waals surface area contributed by atoms with Crippen molar-refractivity contribution in [2.45, 2.75) is 10.6 Å². The van der Waals surface area contributed by atoms with Crippen LogP contribution in [0.25, 0.3) is 0 Å². The van der Waals surface area contributed by atoms with Gasteiger partial charge in [0, 0.05) is 16.2 Å². The molecule has 2 aromatic rings. The first-order valence-corrected chi connectivity index (χ1v) is 6.87. The molecule has 0 spiro atoms. The Labute approximate surface area is 123 Å². The number of carbonyl (C=O) groups is 1. The predicted octanol–water partition coefficient (Wildman–Crippen LogP) is 3.00. The summed E-state index contributed by atoms with van der Waals surface area (Å²) in [5.74, 6) is 2.26. The van der Waals surface area contributed by atoms with Gasteiger partial charge in [-0.15, -0.1) is 11.8 Å². The molecule has 0 fully saturated rings. The fourth-order valence-electron chi connectivity index (χ4n) is 1.64. The van der Waals surface area contributed by atoms with E-state index in [0.717, 1.165) is 30.0 Å². The molecule has 0 unspecified atom stereocenters. The van der Waals surface area contributed by atoms with Crippen molar-refractivity contribution in [1.29, 1.82) is 0 Å². The van der Waals surface area contributed by atoms with Crippen LogP contribution in [0.5, 0.6) is 0 Å². The zero-order chi connectivity index (χ0) is 15.4. The van der Waals surface area contributed by atoms with E-state index in [2.05, 4.69) is 0 Å². The molecule has 0 saturated heterocycles. The second kappa shape index (κ2) is 6.64. The molecule has 21 heavy (non-hydrogen) atoms. The molecular weight excluding hydrogens is 301 g/mol. The molecule has 3 nitrogen and oxygen atoms in total. The van der Waals surface area contributed by atoms with Gasteiger partial charge in [-0.3, -0.25) is 10.2 Å². The van der Waals surface area contributed by atoms with E-state index in [1.54, 1.807) is 0 Å². The number of hydrogen-bond donors (Lipinski definition) is 2. The Morgan fingerprint density at radius 3 is 2.43 bits per heavy atom. The van der Waals surface area contributed by atoms with Crippen LogP contribution in [0.1, 0.15) is 15.9 Å². The van der Waals surface area contributed by atoms with Crippen LogP contribution >= 0.6 is 11.8 Å². The monoisotopic (exact) mass is 312 g/mol. The molecule has 0 saturated carbocycles. The third kappa shape index (κ3) is 3.77. The standard InChI is InChI=1S/C14H11F3N2OS/c15-11-3-1-8(14(20)19-18)5-9(11)7-21-10-2-4-12(16)13(17)6-10/h1-6H,7,18H2,(H,19,20). The largest absolute Gasteiger partial charge is 0.290 e. The minimum absolute atomic E-state index is 0.169. The summed E-state index contributed by atoms with van der Waals surface area (Å²) in [7, 11) is 0. The van der Waals surface area contributed by atoms with E-state index in [4.69, 9.17) is 5.84 Å². The molecule has 2 rings (SSSR count). The topological polar surface area (TPSA) is 55.1 Å². The molecule has 0 aliphatic heterocycles. The normalized spacial score (nSPS) is 10.5. The maximum atomic E-state index is 13.7. The molecule has 0 aliphatic carbocycles. The number of carbonyl (C=O) groups excluding carboxylic acids is 1. The molecule has 0 aromatic heterocycles. The van der Waals surface area contributed by atoms with Crippen molar-refractivity contribution in [1.82, 2.24) is 5.43 Å². The number of halogens is 3. The van der Waals surface area contributed by atoms with E-state index in [-0.39, 0.29) is 16.9 Å². The Morgan fingerprint density at radius 2 is 1.76 bits per heavy atom. The van der Waals surface area contributed by atoms with Crippen molar-refractivity contribution in [3.05, 3.63) is 65.0 Å². The number of benzene rings is 2. The third-order valence-corrected chi connectivity index (χ3v) is 3.77. The van der Waals surface area contributed by atoms with Gasteiger partial charge in [0.2, 0.25) is 0 Å². The van der Waals surface area contributed by atoms with E-state index in [0.29, 0.717) is 4.90 Å². The Kier molecular flexibility index (Phi) is 4.87. The average molecular weight is 312 g/mol. The smallest absolute Gasteiger partial charge is 0.265 e. The fourth-order valence-corrected chi connectivity index (χ4v) is 2.53. The highest BCUT2D eigenvalue weighted by molar-refractivity contribution is 7.98. The van der Waals surface area contributed by atoms with Crippen molar-refractivity contribution in [3.8, 4) is 0 Å². The maximum absolute atomic E-state index is 13.7. The Bertz CT molecular complexity index is 679. The lowest BCUT2D eigenvalue weighted by Gasteiger charge is -2.06. The van der Waals surface area contributed by atoms with E-state index in [1.165, 1.54) is 18.2 Å². The minimum Gasteiger partial charge on any atom is -0.290 e. The first-order chi connectivity index (χ1) is 10.0. The van der Waals surface area contributed by atoms with Crippen molar-refractivity contribution in [3.63, 3.8) is 0 Å². The van der Waals surface area contributed by atoms with E-state index < -0.39 is 23.4 Å². The van der Waals surface area contributed by atoms with Crippen molar-refractivity contribution < 1.29 is 18.0 Å². The molecular formula is C14H11F3N2OS. The van der Waals surface area contributed by atoms with Crippen LogP contribution in [0, 0.1) is 17.5 Å². The molecule has 0 atom stereocenters.